The minimum atomic E-state index is -1.13. The van der Waals surface area contributed by atoms with Gasteiger partial charge in [0.2, 0.25) is 5.91 Å². The van der Waals surface area contributed by atoms with Crippen LogP contribution < -0.4 is 11.1 Å². The average molecular weight is 230 g/mol. The van der Waals surface area contributed by atoms with E-state index >= 15 is 0 Å². The molecular formula is C10H18N2O4. The van der Waals surface area contributed by atoms with Crippen LogP contribution in [0.2, 0.25) is 0 Å². The quantitative estimate of drug-likeness (QED) is 0.471. The minimum Gasteiger partial charge on any atom is -0.480 e. The van der Waals surface area contributed by atoms with Gasteiger partial charge in [-0.1, -0.05) is 6.42 Å². The molecule has 0 unspecified atom stereocenters. The molecule has 0 saturated heterocycles. The highest BCUT2D eigenvalue weighted by Gasteiger charge is 2.43. The molecule has 1 amide bonds. The Morgan fingerprint density at radius 1 is 1.44 bits per heavy atom. The number of aliphatic hydroxyl groups excluding tert-OH is 1. The molecule has 5 N–H and O–H groups in total. The third kappa shape index (κ3) is 2.51. The molecule has 1 aliphatic carbocycles. The molecule has 0 bridgehead atoms. The van der Waals surface area contributed by atoms with Crippen LogP contribution >= 0.6 is 0 Å². The van der Waals surface area contributed by atoms with Crippen molar-refractivity contribution in [2.75, 3.05) is 13.2 Å². The number of carboxylic acids is 1. The second-order valence-electron chi connectivity index (χ2n) is 4.21. The van der Waals surface area contributed by atoms with Gasteiger partial charge < -0.3 is 21.3 Å². The van der Waals surface area contributed by atoms with Crippen molar-refractivity contribution in [3.8, 4) is 0 Å². The molecule has 0 aliphatic heterocycles. The molecule has 0 radical (unpaired) electrons. The van der Waals surface area contributed by atoms with Crippen LogP contribution in [0.15, 0.2) is 0 Å². The lowest BCUT2D eigenvalue weighted by atomic mass is 9.68. The molecule has 6 nitrogen and oxygen atoms in total. The molecule has 0 spiro atoms. The third-order valence-electron chi connectivity index (χ3n) is 3.20. The molecule has 6 heteroatoms. The summed E-state index contributed by atoms with van der Waals surface area (Å²) in [6.45, 7) is -0.0306. The molecule has 16 heavy (non-hydrogen) atoms. The SMILES string of the molecule is NCC1(C(=O)N[C@@H](CCO)C(=O)O)CCC1. The number of hydrogen-bond donors (Lipinski definition) is 4. The van der Waals surface area contributed by atoms with Gasteiger partial charge in [-0.05, 0) is 12.8 Å². The summed E-state index contributed by atoms with van der Waals surface area (Å²) in [7, 11) is 0. The first-order chi connectivity index (χ1) is 7.55. The fourth-order valence-corrected chi connectivity index (χ4v) is 1.83. The smallest absolute Gasteiger partial charge is 0.326 e. The zero-order valence-corrected chi connectivity index (χ0v) is 9.11. The Bertz CT molecular complexity index is 270. The Hall–Kier alpha value is -1.14. The number of amides is 1. The van der Waals surface area contributed by atoms with Crippen molar-refractivity contribution < 1.29 is 19.8 Å². The van der Waals surface area contributed by atoms with E-state index in [2.05, 4.69) is 5.32 Å². The molecule has 1 aliphatic rings. The van der Waals surface area contributed by atoms with E-state index in [9.17, 15) is 9.59 Å². The molecule has 1 atom stereocenters. The van der Waals surface area contributed by atoms with Crippen LogP contribution in [0.4, 0.5) is 0 Å². The molecule has 0 aromatic rings. The average Bonchev–Trinajstić information content (AvgIpc) is 2.16. The Kier molecular flexibility index (Phi) is 4.26. The van der Waals surface area contributed by atoms with Crippen LogP contribution in [0.1, 0.15) is 25.7 Å². The lowest BCUT2D eigenvalue weighted by Crippen LogP contribution is -2.54. The van der Waals surface area contributed by atoms with E-state index in [-0.39, 0.29) is 25.5 Å². The lowest BCUT2D eigenvalue weighted by Gasteiger charge is -2.39. The number of carbonyl (C=O) groups is 2. The summed E-state index contributed by atoms with van der Waals surface area (Å²) in [5.41, 5.74) is 4.96. The van der Waals surface area contributed by atoms with E-state index in [0.29, 0.717) is 12.8 Å². The second kappa shape index (κ2) is 5.27. The van der Waals surface area contributed by atoms with Crippen LogP contribution in [0.25, 0.3) is 0 Å². The van der Waals surface area contributed by atoms with Gasteiger partial charge in [-0.2, -0.15) is 0 Å². The van der Waals surface area contributed by atoms with Gasteiger partial charge in [0, 0.05) is 19.6 Å². The summed E-state index contributed by atoms with van der Waals surface area (Å²) in [6, 6.07) is -1.03. The van der Waals surface area contributed by atoms with Gasteiger partial charge in [0.1, 0.15) is 6.04 Å². The molecule has 0 aromatic carbocycles. The van der Waals surface area contributed by atoms with E-state index in [0.717, 1.165) is 6.42 Å². The van der Waals surface area contributed by atoms with Crippen LogP contribution in [0, 0.1) is 5.41 Å². The van der Waals surface area contributed by atoms with Crippen molar-refractivity contribution in [1.82, 2.24) is 5.32 Å². The summed E-state index contributed by atoms with van der Waals surface area (Å²) >= 11 is 0. The van der Waals surface area contributed by atoms with Crippen molar-refractivity contribution >= 4 is 11.9 Å². The number of aliphatic carboxylic acids is 1. The zero-order chi connectivity index (χ0) is 12.2. The number of rotatable bonds is 6. The summed E-state index contributed by atoms with van der Waals surface area (Å²) in [5, 5.41) is 19.9. The van der Waals surface area contributed by atoms with Crippen LogP contribution in [-0.2, 0) is 9.59 Å². The molecule has 1 saturated carbocycles. The first kappa shape index (κ1) is 12.9. The Morgan fingerprint density at radius 2 is 2.06 bits per heavy atom. The number of nitrogens with two attached hydrogens (primary N) is 1. The standard InChI is InChI=1S/C10H18N2O4/c11-6-10(3-1-4-10)9(16)12-7(2-5-13)8(14)15/h7,13H,1-6,11H2,(H,12,16)(H,14,15)/t7-/m0/s1. The predicted molar refractivity (Wildman–Crippen MR) is 56.6 cm³/mol. The first-order valence-corrected chi connectivity index (χ1v) is 5.40. The summed E-state index contributed by atoms with van der Waals surface area (Å²) < 4.78 is 0. The number of nitrogens with one attached hydrogen (secondary N) is 1. The third-order valence-corrected chi connectivity index (χ3v) is 3.20. The van der Waals surface area contributed by atoms with E-state index in [1.807, 2.05) is 0 Å². The normalized spacial score (nSPS) is 19.6. The minimum absolute atomic E-state index is 0.0156. The van der Waals surface area contributed by atoms with Crippen molar-refractivity contribution in [3.05, 3.63) is 0 Å². The number of carbonyl (C=O) groups excluding carboxylic acids is 1. The van der Waals surface area contributed by atoms with E-state index in [4.69, 9.17) is 15.9 Å². The maximum absolute atomic E-state index is 11.8. The zero-order valence-electron chi connectivity index (χ0n) is 9.11. The summed E-state index contributed by atoms with van der Waals surface area (Å²) in [5.74, 6) is -1.43. The van der Waals surface area contributed by atoms with Gasteiger partial charge in [0.25, 0.3) is 0 Å². The Balaban J connectivity index is 2.57. The van der Waals surface area contributed by atoms with E-state index < -0.39 is 17.4 Å². The maximum Gasteiger partial charge on any atom is 0.326 e. The van der Waals surface area contributed by atoms with Crippen molar-refractivity contribution in [1.29, 1.82) is 0 Å². The largest absolute Gasteiger partial charge is 0.480 e. The highest BCUT2D eigenvalue weighted by molar-refractivity contribution is 5.88. The van der Waals surface area contributed by atoms with Crippen LogP contribution in [0.3, 0.4) is 0 Å². The number of aliphatic hydroxyl groups is 1. The fourth-order valence-electron chi connectivity index (χ4n) is 1.83. The van der Waals surface area contributed by atoms with Gasteiger partial charge in [-0.15, -0.1) is 0 Å². The molecule has 92 valence electrons. The van der Waals surface area contributed by atoms with E-state index in [1.54, 1.807) is 0 Å². The molecule has 1 fully saturated rings. The highest BCUT2D eigenvalue weighted by Crippen LogP contribution is 2.40. The second-order valence-corrected chi connectivity index (χ2v) is 4.21. The fraction of sp³-hybridized carbons (Fsp3) is 0.800. The molecule has 0 heterocycles. The summed E-state index contributed by atoms with van der Waals surface area (Å²) in [4.78, 5) is 22.6. The van der Waals surface area contributed by atoms with Gasteiger partial charge in [0.15, 0.2) is 0 Å². The molecule has 0 aromatic heterocycles. The van der Waals surface area contributed by atoms with Crippen molar-refractivity contribution in [2.24, 2.45) is 11.1 Å². The van der Waals surface area contributed by atoms with Gasteiger partial charge in [0.05, 0.1) is 5.41 Å². The van der Waals surface area contributed by atoms with Crippen LogP contribution in [0.5, 0.6) is 0 Å². The Morgan fingerprint density at radius 3 is 2.38 bits per heavy atom. The number of hydrogen-bond acceptors (Lipinski definition) is 4. The summed E-state index contributed by atoms with van der Waals surface area (Å²) in [6.07, 6.45) is 2.38. The molecule has 1 rings (SSSR count). The van der Waals surface area contributed by atoms with Crippen molar-refractivity contribution in [2.45, 2.75) is 31.7 Å². The Labute approximate surface area is 93.8 Å². The monoisotopic (exact) mass is 230 g/mol. The van der Waals surface area contributed by atoms with Gasteiger partial charge >= 0.3 is 5.97 Å². The topological polar surface area (TPSA) is 113 Å². The number of carboxylic acid groups (broad SMARTS) is 1. The predicted octanol–water partition coefficient (Wildman–Crippen LogP) is -0.933. The van der Waals surface area contributed by atoms with Crippen molar-refractivity contribution in [3.63, 3.8) is 0 Å². The molecular weight excluding hydrogens is 212 g/mol. The highest BCUT2D eigenvalue weighted by atomic mass is 16.4. The lowest BCUT2D eigenvalue weighted by molar-refractivity contribution is -0.145. The first-order valence-electron chi connectivity index (χ1n) is 5.40. The van der Waals surface area contributed by atoms with E-state index in [1.165, 1.54) is 0 Å². The van der Waals surface area contributed by atoms with Gasteiger partial charge in [-0.25, -0.2) is 4.79 Å². The van der Waals surface area contributed by atoms with Gasteiger partial charge in [-0.3, -0.25) is 4.79 Å². The van der Waals surface area contributed by atoms with Crippen LogP contribution in [-0.4, -0.2) is 41.3 Å². The maximum atomic E-state index is 11.8.